The minimum Gasteiger partial charge on any atom is -0.497 e. The van der Waals surface area contributed by atoms with E-state index >= 15 is 0 Å². The van der Waals surface area contributed by atoms with Crippen LogP contribution in [0.2, 0.25) is 36.3 Å². The number of rotatable bonds is 12. The summed E-state index contributed by atoms with van der Waals surface area (Å²) < 4.78 is 24.5. The topological polar surface area (TPSA) is 36.9 Å². The number of benzene rings is 1. The molecule has 33 heavy (non-hydrogen) atoms. The van der Waals surface area contributed by atoms with Gasteiger partial charge in [0.1, 0.15) is 5.75 Å². The summed E-state index contributed by atoms with van der Waals surface area (Å²) in [5.41, 5.74) is 1.13. The molecule has 0 N–H and O–H groups in total. The second-order valence-corrected chi connectivity index (χ2v) is 21.7. The summed E-state index contributed by atoms with van der Waals surface area (Å²) in [6, 6.07) is 7.99. The van der Waals surface area contributed by atoms with Crippen molar-refractivity contribution in [1.29, 1.82) is 0 Å². The minimum atomic E-state index is -1.92. The molecule has 0 saturated carbocycles. The van der Waals surface area contributed by atoms with Crippen molar-refractivity contribution in [3.63, 3.8) is 0 Å². The van der Waals surface area contributed by atoms with Gasteiger partial charge in [0.2, 0.25) is 0 Å². The van der Waals surface area contributed by atoms with E-state index < -0.39 is 16.6 Å². The van der Waals surface area contributed by atoms with Gasteiger partial charge in [-0.3, -0.25) is 0 Å². The Labute approximate surface area is 206 Å². The zero-order valence-corrected chi connectivity index (χ0v) is 25.4. The highest BCUT2D eigenvalue weighted by molar-refractivity contribution is 6.74. The van der Waals surface area contributed by atoms with Crippen molar-refractivity contribution >= 4 is 16.6 Å². The van der Waals surface area contributed by atoms with Crippen molar-refractivity contribution in [3.05, 3.63) is 42.0 Å². The van der Waals surface area contributed by atoms with E-state index in [4.69, 9.17) is 18.3 Å². The van der Waals surface area contributed by atoms with Crippen LogP contribution in [0, 0.1) is 5.92 Å². The van der Waals surface area contributed by atoms with E-state index in [9.17, 15) is 0 Å². The Morgan fingerprint density at radius 1 is 0.879 bits per heavy atom. The predicted octanol–water partition coefficient (Wildman–Crippen LogP) is 7.82. The molecule has 0 fully saturated rings. The molecule has 0 aliphatic rings. The van der Waals surface area contributed by atoms with E-state index in [2.05, 4.69) is 86.8 Å². The van der Waals surface area contributed by atoms with E-state index in [1.54, 1.807) is 7.11 Å². The summed E-state index contributed by atoms with van der Waals surface area (Å²) in [5.74, 6) is 1.13. The van der Waals surface area contributed by atoms with E-state index in [-0.39, 0.29) is 22.1 Å². The molecule has 0 saturated heterocycles. The van der Waals surface area contributed by atoms with Crippen LogP contribution < -0.4 is 4.74 Å². The molecular weight excluding hydrogens is 444 g/mol. The van der Waals surface area contributed by atoms with Crippen LogP contribution >= 0.6 is 0 Å². The van der Waals surface area contributed by atoms with Crippen molar-refractivity contribution in [2.75, 3.05) is 20.3 Å². The number of hydrogen-bond donors (Lipinski definition) is 0. The van der Waals surface area contributed by atoms with Gasteiger partial charge in [0.15, 0.2) is 16.6 Å². The lowest BCUT2D eigenvalue weighted by atomic mass is 10.1. The second-order valence-electron chi connectivity index (χ2n) is 12.2. The van der Waals surface area contributed by atoms with Gasteiger partial charge in [0.25, 0.3) is 0 Å². The first-order valence-corrected chi connectivity index (χ1v) is 18.0. The van der Waals surface area contributed by atoms with Crippen LogP contribution in [0.25, 0.3) is 0 Å². The van der Waals surface area contributed by atoms with E-state index in [0.29, 0.717) is 19.8 Å². The van der Waals surface area contributed by atoms with Gasteiger partial charge in [-0.05, 0) is 54.0 Å². The van der Waals surface area contributed by atoms with Crippen molar-refractivity contribution in [3.8, 4) is 5.75 Å². The Balaban J connectivity index is 2.80. The molecule has 1 aromatic carbocycles. The summed E-state index contributed by atoms with van der Waals surface area (Å²) in [7, 11) is -2.04. The van der Waals surface area contributed by atoms with Gasteiger partial charge in [-0.15, -0.1) is 0 Å². The summed E-state index contributed by atoms with van der Waals surface area (Å²) in [4.78, 5) is 0. The fraction of sp³-hybridized carbons (Fsp3) is 0.704. The Morgan fingerprint density at radius 3 is 1.91 bits per heavy atom. The fourth-order valence-electron chi connectivity index (χ4n) is 2.67. The summed E-state index contributed by atoms with van der Waals surface area (Å²) in [6.07, 6.45) is 4.30. The molecule has 1 rings (SSSR count). The molecule has 0 spiro atoms. The Bertz CT molecular complexity index is 728. The lowest BCUT2D eigenvalue weighted by Crippen LogP contribution is -2.47. The van der Waals surface area contributed by atoms with E-state index in [1.165, 1.54) is 0 Å². The van der Waals surface area contributed by atoms with Gasteiger partial charge in [0.05, 0.1) is 26.4 Å². The van der Waals surface area contributed by atoms with Crippen molar-refractivity contribution in [2.45, 2.75) is 97.4 Å². The first kappa shape index (κ1) is 30.1. The van der Waals surface area contributed by atoms with Crippen LogP contribution in [0.1, 0.15) is 54.0 Å². The third kappa shape index (κ3) is 9.69. The molecule has 190 valence electrons. The van der Waals surface area contributed by atoms with Gasteiger partial charge >= 0.3 is 0 Å². The van der Waals surface area contributed by atoms with Crippen LogP contribution in [0.15, 0.2) is 36.4 Å². The maximum absolute atomic E-state index is 6.82. The molecule has 0 unspecified atom stereocenters. The van der Waals surface area contributed by atoms with Crippen LogP contribution in [0.5, 0.6) is 5.75 Å². The second kappa shape index (κ2) is 12.2. The van der Waals surface area contributed by atoms with Gasteiger partial charge in [-0.1, -0.05) is 72.8 Å². The highest BCUT2D eigenvalue weighted by Crippen LogP contribution is 2.39. The van der Waals surface area contributed by atoms with Gasteiger partial charge < -0.3 is 18.3 Å². The number of ether oxygens (including phenoxy) is 2. The molecule has 0 bridgehead atoms. The quantitative estimate of drug-likeness (QED) is 0.169. The van der Waals surface area contributed by atoms with Crippen LogP contribution in [0.4, 0.5) is 0 Å². The first-order valence-electron chi connectivity index (χ1n) is 12.2. The number of hydrogen-bond acceptors (Lipinski definition) is 4. The van der Waals surface area contributed by atoms with E-state index in [1.807, 2.05) is 24.3 Å². The SMILES string of the molecule is COc1ccc(COC/C=C/[C@@H](O[Si](C)(C)C(C)(C)C)[C@H](C)CO[Si](C)(C)C(C)(C)C)cc1. The molecule has 0 heterocycles. The average Bonchev–Trinajstić information content (AvgIpc) is 2.69. The third-order valence-corrected chi connectivity index (χ3v) is 16.3. The standard InChI is InChI=1S/C27H50O4Si2/c1-22(20-30-32(9,10)26(2,3)4)25(31-33(11,12)27(5,6)7)14-13-19-29-21-23-15-17-24(28-8)18-16-23/h13-18,22,25H,19-21H2,1-12H3/b14-13+/t22-,25-/m1/s1. The fourth-order valence-corrected chi connectivity index (χ4v) is 5.13. The van der Waals surface area contributed by atoms with Gasteiger partial charge in [-0.2, -0.15) is 0 Å². The zero-order valence-electron chi connectivity index (χ0n) is 23.4. The van der Waals surface area contributed by atoms with Crippen molar-refractivity contribution in [1.82, 2.24) is 0 Å². The molecule has 0 amide bonds. The highest BCUT2D eigenvalue weighted by atomic mass is 28.4. The molecule has 0 aromatic heterocycles. The van der Waals surface area contributed by atoms with Gasteiger partial charge in [-0.25, -0.2) is 0 Å². The molecule has 6 heteroatoms. The summed E-state index contributed by atoms with van der Waals surface area (Å²) in [5, 5.41) is 0.359. The largest absolute Gasteiger partial charge is 0.497 e. The maximum atomic E-state index is 6.82. The smallest absolute Gasteiger partial charge is 0.192 e. The minimum absolute atomic E-state index is 0.0141. The van der Waals surface area contributed by atoms with Crippen molar-refractivity contribution < 1.29 is 18.3 Å². The first-order chi connectivity index (χ1) is 15.0. The highest BCUT2D eigenvalue weighted by Gasteiger charge is 2.41. The van der Waals surface area contributed by atoms with Crippen LogP contribution in [0.3, 0.4) is 0 Å². The van der Waals surface area contributed by atoms with Gasteiger partial charge in [0, 0.05) is 12.5 Å². The zero-order chi connectivity index (χ0) is 25.5. The average molecular weight is 495 g/mol. The molecule has 2 atom stereocenters. The number of methoxy groups -OCH3 is 1. The normalized spacial score (nSPS) is 15.6. The molecular formula is C27H50O4Si2. The predicted molar refractivity (Wildman–Crippen MR) is 146 cm³/mol. The molecule has 0 aliphatic carbocycles. The maximum Gasteiger partial charge on any atom is 0.192 e. The Hall–Kier alpha value is -0.926. The molecule has 0 radical (unpaired) electrons. The van der Waals surface area contributed by atoms with Crippen LogP contribution in [-0.4, -0.2) is 43.1 Å². The van der Waals surface area contributed by atoms with Crippen molar-refractivity contribution in [2.24, 2.45) is 5.92 Å². The third-order valence-electron chi connectivity index (χ3n) is 7.28. The van der Waals surface area contributed by atoms with E-state index in [0.717, 1.165) is 11.3 Å². The molecule has 0 aliphatic heterocycles. The summed E-state index contributed by atoms with van der Waals surface area (Å²) >= 11 is 0. The molecule has 4 nitrogen and oxygen atoms in total. The Kier molecular flexibility index (Phi) is 11.1. The van der Waals surface area contributed by atoms with Crippen LogP contribution in [-0.2, 0) is 20.2 Å². The Morgan fingerprint density at radius 2 is 1.42 bits per heavy atom. The lowest BCUT2D eigenvalue weighted by Gasteiger charge is -2.41. The monoisotopic (exact) mass is 494 g/mol. The summed E-state index contributed by atoms with van der Waals surface area (Å²) in [6.45, 7) is 27.1. The molecule has 1 aromatic rings. The lowest BCUT2D eigenvalue weighted by molar-refractivity contribution is 0.118.